The minimum atomic E-state index is -3.54. The molecule has 1 aliphatic heterocycles. The summed E-state index contributed by atoms with van der Waals surface area (Å²) in [6.45, 7) is 7.20. The Morgan fingerprint density at radius 3 is 2.57 bits per heavy atom. The van der Waals surface area contributed by atoms with Gasteiger partial charge < -0.3 is 14.6 Å². The number of ether oxygens (including phenoxy) is 1. The fraction of sp³-hybridized carbons (Fsp3) is 0.409. The van der Waals surface area contributed by atoms with E-state index in [4.69, 9.17) is 9.72 Å². The number of hydrogen-bond acceptors (Lipinski definition) is 5. The molecule has 4 rings (SSSR count). The zero-order valence-electron chi connectivity index (χ0n) is 17.4. The normalized spacial score (nSPS) is 16.7. The topological polar surface area (TPSA) is 76.5 Å². The molecule has 160 valence electrons. The molecule has 1 saturated heterocycles. The Kier molecular flexibility index (Phi) is 6.19. The van der Waals surface area contributed by atoms with Crippen LogP contribution in [0.2, 0.25) is 0 Å². The van der Waals surface area contributed by atoms with Crippen molar-refractivity contribution in [1.82, 2.24) is 19.2 Å². The Hall–Kier alpha value is -2.26. The van der Waals surface area contributed by atoms with E-state index in [2.05, 4.69) is 35.9 Å². The molecule has 1 fully saturated rings. The van der Waals surface area contributed by atoms with Crippen molar-refractivity contribution in [3.05, 3.63) is 59.9 Å². The summed E-state index contributed by atoms with van der Waals surface area (Å²) in [5, 5.41) is 3.52. The van der Waals surface area contributed by atoms with Gasteiger partial charge >= 0.3 is 0 Å². The Morgan fingerprint density at radius 1 is 1.13 bits per heavy atom. The molecule has 3 aromatic rings. The number of nitrogens with zero attached hydrogens (tertiary/aromatic N) is 3. The molecule has 0 spiro atoms. The Morgan fingerprint density at radius 2 is 1.87 bits per heavy atom. The van der Waals surface area contributed by atoms with Gasteiger partial charge in [0.2, 0.25) is 10.0 Å². The highest BCUT2D eigenvalue weighted by molar-refractivity contribution is 7.89. The van der Waals surface area contributed by atoms with E-state index in [-0.39, 0.29) is 10.9 Å². The largest absolute Gasteiger partial charge is 0.379 e. The molecule has 8 heteroatoms. The van der Waals surface area contributed by atoms with Crippen LogP contribution in [0.3, 0.4) is 0 Å². The average Bonchev–Trinajstić information content (AvgIpc) is 3.15. The minimum absolute atomic E-state index is 0.188. The first kappa shape index (κ1) is 21.0. The van der Waals surface area contributed by atoms with E-state index in [1.807, 2.05) is 24.3 Å². The fourth-order valence-corrected chi connectivity index (χ4v) is 5.28. The Balaban J connectivity index is 1.59. The predicted octanol–water partition coefficient (Wildman–Crippen LogP) is 2.93. The van der Waals surface area contributed by atoms with Gasteiger partial charge in [-0.1, -0.05) is 30.3 Å². The SMILES string of the molecule is CCn1c(CN[C@@H](C)c2ccccc2)nc2cc(S(=O)(=O)N3CCOCC3)ccc21. The Bertz CT molecular complexity index is 1110. The molecule has 1 aliphatic rings. The standard InChI is InChI=1S/C22H28N4O3S/c1-3-26-21-10-9-19(30(27,28)25-11-13-29-14-12-25)15-20(21)24-22(26)16-23-17(2)18-7-5-4-6-8-18/h4-10,15,17,23H,3,11-14,16H2,1-2H3/t17-/m0/s1. The smallest absolute Gasteiger partial charge is 0.243 e. The molecule has 0 bridgehead atoms. The maximum Gasteiger partial charge on any atom is 0.243 e. The summed E-state index contributed by atoms with van der Waals surface area (Å²) in [5.41, 5.74) is 2.87. The molecule has 0 radical (unpaired) electrons. The first-order valence-corrected chi connectivity index (χ1v) is 11.8. The second kappa shape index (κ2) is 8.85. The third-order valence-corrected chi connectivity index (χ3v) is 7.48. The summed E-state index contributed by atoms with van der Waals surface area (Å²) < 4.78 is 34.9. The quantitative estimate of drug-likeness (QED) is 0.626. The van der Waals surface area contributed by atoms with E-state index < -0.39 is 10.0 Å². The number of imidazole rings is 1. The lowest BCUT2D eigenvalue weighted by atomic mass is 10.1. The lowest BCUT2D eigenvalue weighted by Gasteiger charge is -2.26. The maximum atomic E-state index is 13.0. The van der Waals surface area contributed by atoms with Gasteiger partial charge in [0.15, 0.2) is 0 Å². The summed E-state index contributed by atoms with van der Waals surface area (Å²) in [6, 6.07) is 15.7. The summed E-state index contributed by atoms with van der Waals surface area (Å²) in [4.78, 5) is 5.05. The fourth-order valence-electron chi connectivity index (χ4n) is 3.85. The molecular formula is C22H28N4O3S. The van der Waals surface area contributed by atoms with Gasteiger partial charge in [-0.3, -0.25) is 0 Å². The molecule has 1 atom stereocenters. The van der Waals surface area contributed by atoms with E-state index in [1.54, 1.807) is 12.1 Å². The van der Waals surface area contributed by atoms with E-state index in [9.17, 15) is 8.42 Å². The van der Waals surface area contributed by atoms with Crippen LogP contribution in [0.5, 0.6) is 0 Å². The lowest BCUT2D eigenvalue weighted by molar-refractivity contribution is 0.0730. The maximum absolute atomic E-state index is 13.0. The summed E-state index contributed by atoms with van der Waals surface area (Å²) in [6.07, 6.45) is 0. The first-order chi connectivity index (χ1) is 14.5. The highest BCUT2D eigenvalue weighted by Gasteiger charge is 2.27. The van der Waals surface area contributed by atoms with Crippen LogP contribution in [-0.2, 0) is 27.8 Å². The van der Waals surface area contributed by atoms with Crippen molar-refractivity contribution in [2.75, 3.05) is 26.3 Å². The first-order valence-electron chi connectivity index (χ1n) is 10.4. The van der Waals surface area contributed by atoms with Gasteiger partial charge in [0, 0.05) is 25.7 Å². The lowest BCUT2D eigenvalue weighted by Crippen LogP contribution is -2.40. The van der Waals surface area contributed by atoms with Crippen LogP contribution >= 0.6 is 0 Å². The van der Waals surface area contributed by atoms with Crippen molar-refractivity contribution in [3.8, 4) is 0 Å². The number of benzene rings is 2. The van der Waals surface area contributed by atoms with Crippen molar-refractivity contribution < 1.29 is 13.2 Å². The van der Waals surface area contributed by atoms with Crippen LogP contribution in [0.15, 0.2) is 53.4 Å². The van der Waals surface area contributed by atoms with Gasteiger partial charge in [-0.2, -0.15) is 4.31 Å². The molecule has 0 unspecified atom stereocenters. The number of aromatic nitrogens is 2. The third-order valence-electron chi connectivity index (χ3n) is 5.59. The highest BCUT2D eigenvalue weighted by Crippen LogP contribution is 2.24. The number of morpholine rings is 1. The molecule has 30 heavy (non-hydrogen) atoms. The molecule has 2 aromatic carbocycles. The van der Waals surface area contributed by atoms with Crippen LogP contribution in [0.1, 0.15) is 31.3 Å². The molecule has 2 heterocycles. The second-order valence-corrected chi connectivity index (χ2v) is 9.39. The van der Waals surface area contributed by atoms with Gasteiger partial charge in [-0.15, -0.1) is 0 Å². The van der Waals surface area contributed by atoms with E-state index in [0.717, 1.165) is 17.9 Å². The molecule has 1 aromatic heterocycles. The van der Waals surface area contributed by atoms with Gasteiger partial charge in [0.05, 0.1) is 35.7 Å². The number of rotatable bonds is 7. The molecule has 1 N–H and O–H groups in total. The van der Waals surface area contributed by atoms with Crippen molar-refractivity contribution in [2.24, 2.45) is 0 Å². The van der Waals surface area contributed by atoms with Crippen molar-refractivity contribution in [3.63, 3.8) is 0 Å². The molecule has 7 nitrogen and oxygen atoms in total. The summed E-state index contributed by atoms with van der Waals surface area (Å²) in [7, 11) is -3.54. The number of sulfonamides is 1. The second-order valence-electron chi connectivity index (χ2n) is 7.45. The molecule has 0 amide bonds. The molecular weight excluding hydrogens is 400 g/mol. The zero-order valence-corrected chi connectivity index (χ0v) is 18.2. The van der Waals surface area contributed by atoms with E-state index in [1.165, 1.54) is 9.87 Å². The zero-order chi connectivity index (χ0) is 21.1. The van der Waals surface area contributed by atoms with Crippen LogP contribution in [-0.4, -0.2) is 48.6 Å². The van der Waals surface area contributed by atoms with Crippen LogP contribution in [0, 0.1) is 0 Å². The van der Waals surface area contributed by atoms with Gasteiger partial charge in [-0.25, -0.2) is 13.4 Å². The molecule has 0 aliphatic carbocycles. The van der Waals surface area contributed by atoms with Gasteiger partial charge in [-0.05, 0) is 37.6 Å². The average molecular weight is 429 g/mol. The third kappa shape index (κ3) is 4.13. The van der Waals surface area contributed by atoms with Crippen LogP contribution < -0.4 is 5.32 Å². The van der Waals surface area contributed by atoms with E-state index >= 15 is 0 Å². The van der Waals surface area contributed by atoms with Crippen LogP contribution in [0.25, 0.3) is 11.0 Å². The summed E-state index contributed by atoms with van der Waals surface area (Å²) >= 11 is 0. The van der Waals surface area contributed by atoms with Gasteiger partial charge in [0.25, 0.3) is 0 Å². The van der Waals surface area contributed by atoms with Crippen molar-refractivity contribution in [1.29, 1.82) is 0 Å². The molecule has 0 saturated carbocycles. The highest BCUT2D eigenvalue weighted by atomic mass is 32.2. The predicted molar refractivity (Wildman–Crippen MR) is 117 cm³/mol. The summed E-state index contributed by atoms with van der Waals surface area (Å²) in [5.74, 6) is 0.899. The number of fused-ring (bicyclic) bond motifs is 1. The number of hydrogen-bond donors (Lipinski definition) is 1. The van der Waals surface area contributed by atoms with Crippen molar-refractivity contribution in [2.45, 2.75) is 37.9 Å². The van der Waals surface area contributed by atoms with Crippen LogP contribution in [0.4, 0.5) is 0 Å². The number of aryl methyl sites for hydroxylation is 1. The van der Waals surface area contributed by atoms with Gasteiger partial charge in [0.1, 0.15) is 5.82 Å². The monoisotopic (exact) mass is 428 g/mol. The minimum Gasteiger partial charge on any atom is -0.379 e. The Labute approximate surface area is 177 Å². The van der Waals surface area contributed by atoms with Crippen molar-refractivity contribution >= 4 is 21.1 Å². The van der Waals surface area contributed by atoms with E-state index in [0.29, 0.717) is 38.4 Å². The number of nitrogens with one attached hydrogen (secondary N) is 1.